The van der Waals surface area contributed by atoms with E-state index in [1.807, 2.05) is 11.8 Å². The summed E-state index contributed by atoms with van der Waals surface area (Å²) in [6, 6.07) is 1.19. The van der Waals surface area contributed by atoms with Gasteiger partial charge in [-0.1, -0.05) is 0 Å². The molecule has 0 spiro atoms. The van der Waals surface area contributed by atoms with E-state index in [9.17, 15) is 0 Å². The molecule has 0 radical (unpaired) electrons. The quantitative estimate of drug-likeness (QED) is 0.671. The fourth-order valence-electron chi connectivity index (χ4n) is 1.51. The van der Waals surface area contributed by atoms with Crippen molar-refractivity contribution in [2.24, 2.45) is 0 Å². The lowest BCUT2D eigenvalue weighted by molar-refractivity contribution is 0.447. The third-order valence-electron chi connectivity index (χ3n) is 2.10. The van der Waals surface area contributed by atoms with Crippen LogP contribution in [0.3, 0.4) is 0 Å². The van der Waals surface area contributed by atoms with Crippen molar-refractivity contribution in [1.82, 2.24) is 5.32 Å². The van der Waals surface area contributed by atoms with Crippen LogP contribution in [0.2, 0.25) is 0 Å². The molecule has 0 aliphatic carbocycles. The number of rotatable bonds is 3. The van der Waals surface area contributed by atoms with Crippen LogP contribution in [0.15, 0.2) is 0 Å². The molecule has 1 N–H and O–H groups in total. The second kappa shape index (κ2) is 5.50. The molecule has 0 amide bonds. The van der Waals surface area contributed by atoms with Gasteiger partial charge in [-0.15, -0.1) is 12.3 Å². The molecule has 0 aromatic rings. The van der Waals surface area contributed by atoms with Crippen LogP contribution in [0, 0.1) is 12.3 Å². The molecule has 1 fully saturated rings. The highest BCUT2D eigenvalue weighted by Gasteiger charge is 2.14. The molecule has 2 atom stereocenters. The summed E-state index contributed by atoms with van der Waals surface area (Å²) in [5.41, 5.74) is 0. The number of nitrogens with one attached hydrogen (secondary N) is 1. The number of thioether (sulfide) groups is 1. The minimum Gasteiger partial charge on any atom is -0.310 e. The number of hydrogen-bond donors (Lipinski definition) is 1. The van der Waals surface area contributed by atoms with Crippen LogP contribution in [-0.4, -0.2) is 23.6 Å². The van der Waals surface area contributed by atoms with Gasteiger partial charge in [-0.05, 0) is 25.5 Å². The summed E-state index contributed by atoms with van der Waals surface area (Å²) >= 11 is 2.05. The van der Waals surface area contributed by atoms with E-state index in [4.69, 9.17) is 6.42 Å². The van der Waals surface area contributed by atoms with Gasteiger partial charge in [0.25, 0.3) is 0 Å². The zero-order chi connectivity index (χ0) is 8.81. The van der Waals surface area contributed by atoms with Gasteiger partial charge in [-0.3, -0.25) is 0 Å². The molecule has 0 saturated carbocycles. The summed E-state index contributed by atoms with van der Waals surface area (Å²) < 4.78 is 0. The second-order valence-electron chi connectivity index (χ2n) is 3.39. The number of terminal acetylenes is 1. The van der Waals surface area contributed by atoms with Crippen LogP contribution in [0.5, 0.6) is 0 Å². The molecule has 0 bridgehead atoms. The minimum absolute atomic E-state index is 0.485. The van der Waals surface area contributed by atoms with Crippen LogP contribution >= 0.6 is 11.8 Å². The molecule has 12 heavy (non-hydrogen) atoms. The van der Waals surface area contributed by atoms with E-state index in [1.54, 1.807) is 0 Å². The molecular formula is C10H17NS. The highest BCUT2D eigenvalue weighted by atomic mass is 32.2. The molecule has 1 rings (SSSR count). The average molecular weight is 183 g/mol. The van der Waals surface area contributed by atoms with Crippen molar-refractivity contribution >= 4 is 11.8 Å². The average Bonchev–Trinajstić information content (AvgIpc) is 2.06. The normalized spacial score (nSPS) is 26.2. The van der Waals surface area contributed by atoms with Gasteiger partial charge < -0.3 is 5.32 Å². The van der Waals surface area contributed by atoms with Crippen molar-refractivity contribution in [3.05, 3.63) is 0 Å². The summed E-state index contributed by atoms with van der Waals surface area (Å²) in [7, 11) is 0. The van der Waals surface area contributed by atoms with E-state index in [1.165, 1.54) is 24.3 Å². The Kier molecular flexibility index (Phi) is 4.57. The maximum absolute atomic E-state index is 5.24. The standard InChI is InChI=1S/C10H17NS/c1-3-5-9(2)11-10-6-4-7-12-8-10/h1,9-11H,4-8H2,2H3. The van der Waals surface area contributed by atoms with Crippen LogP contribution in [0.25, 0.3) is 0 Å². The van der Waals surface area contributed by atoms with Gasteiger partial charge in [0.05, 0.1) is 0 Å². The van der Waals surface area contributed by atoms with Gasteiger partial charge in [0.15, 0.2) is 0 Å². The Balaban J connectivity index is 2.16. The molecule has 1 aliphatic heterocycles. The maximum atomic E-state index is 5.24. The largest absolute Gasteiger partial charge is 0.310 e. The van der Waals surface area contributed by atoms with Crippen molar-refractivity contribution in [2.45, 2.75) is 38.3 Å². The first-order valence-corrected chi connectivity index (χ1v) is 5.75. The summed E-state index contributed by atoms with van der Waals surface area (Å²) in [5.74, 6) is 5.28. The Bertz CT molecular complexity index is 156. The topological polar surface area (TPSA) is 12.0 Å². The molecule has 1 aliphatic rings. The van der Waals surface area contributed by atoms with Gasteiger partial charge in [0.2, 0.25) is 0 Å². The summed E-state index contributed by atoms with van der Waals surface area (Å²) in [6.07, 6.45) is 8.76. The maximum Gasteiger partial charge on any atom is 0.0238 e. The molecule has 68 valence electrons. The van der Waals surface area contributed by atoms with E-state index >= 15 is 0 Å². The smallest absolute Gasteiger partial charge is 0.0238 e. The van der Waals surface area contributed by atoms with Gasteiger partial charge in [0, 0.05) is 24.3 Å². The Labute approximate surface area is 79.7 Å². The first-order valence-electron chi connectivity index (χ1n) is 4.60. The van der Waals surface area contributed by atoms with Gasteiger partial charge >= 0.3 is 0 Å². The summed E-state index contributed by atoms with van der Waals surface area (Å²) in [5, 5.41) is 3.56. The van der Waals surface area contributed by atoms with Gasteiger partial charge in [0.1, 0.15) is 0 Å². The highest BCUT2D eigenvalue weighted by Crippen LogP contribution is 2.17. The predicted octanol–water partition coefficient (Wildman–Crippen LogP) is 1.88. The number of hydrogen-bond acceptors (Lipinski definition) is 2. The zero-order valence-corrected chi connectivity index (χ0v) is 8.49. The Morgan fingerprint density at radius 1 is 1.75 bits per heavy atom. The van der Waals surface area contributed by atoms with Crippen LogP contribution in [0.1, 0.15) is 26.2 Å². The van der Waals surface area contributed by atoms with Crippen molar-refractivity contribution < 1.29 is 0 Å². The van der Waals surface area contributed by atoms with Gasteiger partial charge in [-0.2, -0.15) is 11.8 Å². The highest BCUT2D eigenvalue weighted by molar-refractivity contribution is 7.99. The predicted molar refractivity (Wildman–Crippen MR) is 56.4 cm³/mol. The summed E-state index contributed by atoms with van der Waals surface area (Å²) in [4.78, 5) is 0. The molecule has 0 aromatic heterocycles. The Morgan fingerprint density at radius 2 is 2.58 bits per heavy atom. The molecule has 0 aromatic carbocycles. The van der Waals surface area contributed by atoms with E-state index in [0.717, 1.165) is 6.42 Å². The Morgan fingerprint density at radius 3 is 3.17 bits per heavy atom. The van der Waals surface area contributed by atoms with E-state index < -0.39 is 0 Å². The SMILES string of the molecule is C#CCC(C)NC1CCCSC1. The second-order valence-corrected chi connectivity index (χ2v) is 4.54. The zero-order valence-electron chi connectivity index (χ0n) is 7.68. The monoisotopic (exact) mass is 183 g/mol. The van der Waals surface area contributed by atoms with Crippen molar-refractivity contribution in [1.29, 1.82) is 0 Å². The van der Waals surface area contributed by atoms with E-state index in [-0.39, 0.29) is 0 Å². The molecule has 2 unspecified atom stereocenters. The lowest BCUT2D eigenvalue weighted by Gasteiger charge is -2.25. The third kappa shape index (κ3) is 3.51. The molecule has 1 saturated heterocycles. The van der Waals surface area contributed by atoms with Crippen molar-refractivity contribution in [2.75, 3.05) is 11.5 Å². The van der Waals surface area contributed by atoms with E-state index in [2.05, 4.69) is 18.2 Å². The Hall–Kier alpha value is -0.130. The lowest BCUT2D eigenvalue weighted by Crippen LogP contribution is -2.39. The minimum atomic E-state index is 0.485. The lowest BCUT2D eigenvalue weighted by atomic mass is 10.1. The van der Waals surface area contributed by atoms with Gasteiger partial charge in [-0.25, -0.2) is 0 Å². The molecular weight excluding hydrogens is 166 g/mol. The van der Waals surface area contributed by atoms with Crippen LogP contribution in [-0.2, 0) is 0 Å². The van der Waals surface area contributed by atoms with Crippen molar-refractivity contribution in [3.8, 4) is 12.3 Å². The summed E-state index contributed by atoms with van der Waals surface area (Å²) in [6.45, 7) is 2.17. The fourth-order valence-corrected chi connectivity index (χ4v) is 2.60. The molecule has 1 nitrogen and oxygen atoms in total. The molecule has 2 heteroatoms. The first kappa shape index (κ1) is 9.95. The van der Waals surface area contributed by atoms with E-state index in [0.29, 0.717) is 12.1 Å². The third-order valence-corrected chi connectivity index (χ3v) is 3.32. The van der Waals surface area contributed by atoms with Crippen molar-refractivity contribution in [3.63, 3.8) is 0 Å². The van der Waals surface area contributed by atoms with Crippen LogP contribution < -0.4 is 5.32 Å². The van der Waals surface area contributed by atoms with Crippen LogP contribution in [0.4, 0.5) is 0 Å². The molecule has 1 heterocycles. The fraction of sp³-hybridized carbons (Fsp3) is 0.800. The first-order chi connectivity index (χ1) is 5.83.